The molecule has 7 nitrogen and oxygen atoms in total. The molecule has 2 aromatic carbocycles. The van der Waals surface area contributed by atoms with Crippen molar-refractivity contribution >= 4 is 40.4 Å². The Balaban J connectivity index is 1.16. The molecule has 0 saturated carbocycles. The molecule has 0 bridgehead atoms. The van der Waals surface area contributed by atoms with Crippen molar-refractivity contribution in [3.63, 3.8) is 0 Å². The van der Waals surface area contributed by atoms with Crippen molar-refractivity contribution < 1.29 is 18.7 Å². The molecule has 0 radical (unpaired) electrons. The van der Waals surface area contributed by atoms with Crippen molar-refractivity contribution in [1.29, 1.82) is 0 Å². The maximum absolute atomic E-state index is 14.2. The molecule has 38 heavy (non-hydrogen) atoms. The van der Waals surface area contributed by atoms with Crippen molar-refractivity contribution in [2.24, 2.45) is 0 Å². The number of para-hydroxylation sites is 2. The van der Waals surface area contributed by atoms with Gasteiger partial charge in [0.25, 0.3) is 11.8 Å². The lowest BCUT2D eigenvalue weighted by Crippen LogP contribution is -2.49. The SMILES string of the molecule is CCOc1ccccc1N1CCN(C(=O)c2csc(C3CCN(C(=O)c4c(F)cccc4Cl)CC3)n2)CC1. The zero-order valence-electron chi connectivity index (χ0n) is 21.2. The fourth-order valence-corrected chi connectivity index (χ4v) is 6.28. The molecule has 0 N–H and O–H groups in total. The number of hydrogen-bond acceptors (Lipinski definition) is 6. The molecule has 2 fully saturated rings. The minimum absolute atomic E-state index is 0.0490. The van der Waals surface area contributed by atoms with Crippen LogP contribution >= 0.6 is 22.9 Å². The van der Waals surface area contributed by atoms with Gasteiger partial charge in [0.05, 0.1) is 27.9 Å². The second-order valence-electron chi connectivity index (χ2n) is 9.41. The number of likely N-dealkylation sites (tertiary alicyclic amines) is 1. The van der Waals surface area contributed by atoms with E-state index in [0.29, 0.717) is 51.3 Å². The van der Waals surface area contributed by atoms with Gasteiger partial charge in [-0.2, -0.15) is 0 Å². The second-order valence-corrected chi connectivity index (χ2v) is 10.7. The smallest absolute Gasteiger partial charge is 0.273 e. The van der Waals surface area contributed by atoms with Crippen LogP contribution in [0.4, 0.5) is 10.1 Å². The van der Waals surface area contributed by atoms with Gasteiger partial charge in [-0.05, 0) is 44.0 Å². The quantitative estimate of drug-likeness (QED) is 0.411. The molecule has 3 aromatic rings. The maximum atomic E-state index is 14.2. The maximum Gasteiger partial charge on any atom is 0.273 e. The zero-order valence-corrected chi connectivity index (χ0v) is 22.8. The number of benzene rings is 2. The molecule has 0 atom stereocenters. The zero-order chi connectivity index (χ0) is 26.6. The minimum Gasteiger partial charge on any atom is -0.492 e. The Labute approximate surface area is 230 Å². The molecule has 1 aromatic heterocycles. The summed E-state index contributed by atoms with van der Waals surface area (Å²) in [5, 5.41) is 2.87. The summed E-state index contributed by atoms with van der Waals surface area (Å²) in [4.78, 5) is 36.5. The van der Waals surface area contributed by atoms with E-state index in [1.807, 2.05) is 35.4 Å². The highest BCUT2D eigenvalue weighted by molar-refractivity contribution is 7.09. The fourth-order valence-electron chi connectivity index (χ4n) is 5.07. The number of carbonyl (C=O) groups is 2. The molecule has 2 aliphatic rings. The van der Waals surface area contributed by atoms with Gasteiger partial charge < -0.3 is 19.4 Å². The van der Waals surface area contributed by atoms with Crippen LogP contribution in [0.1, 0.15) is 51.5 Å². The lowest BCUT2D eigenvalue weighted by atomic mass is 9.97. The molecule has 0 unspecified atom stereocenters. The van der Waals surface area contributed by atoms with Crippen LogP contribution in [0.5, 0.6) is 5.75 Å². The van der Waals surface area contributed by atoms with Crippen LogP contribution in [-0.2, 0) is 0 Å². The number of thiazole rings is 1. The fraction of sp³-hybridized carbons (Fsp3) is 0.393. The second kappa shape index (κ2) is 11.7. The first kappa shape index (κ1) is 26.4. The van der Waals surface area contributed by atoms with Gasteiger partial charge in [0.1, 0.15) is 17.3 Å². The summed E-state index contributed by atoms with van der Waals surface area (Å²) in [6, 6.07) is 12.3. The van der Waals surface area contributed by atoms with E-state index in [-0.39, 0.29) is 28.3 Å². The van der Waals surface area contributed by atoms with Crippen molar-refractivity contribution in [2.45, 2.75) is 25.7 Å². The van der Waals surface area contributed by atoms with Crippen molar-refractivity contribution in [2.75, 3.05) is 50.8 Å². The number of rotatable bonds is 6. The van der Waals surface area contributed by atoms with Crippen molar-refractivity contribution in [3.8, 4) is 5.75 Å². The summed E-state index contributed by atoms with van der Waals surface area (Å²) in [6.45, 7) is 6.24. The molecule has 2 amide bonds. The highest BCUT2D eigenvalue weighted by Crippen LogP contribution is 2.33. The highest BCUT2D eigenvalue weighted by atomic mass is 35.5. The number of ether oxygens (including phenoxy) is 1. The number of anilines is 1. The molecule has 5 rings (SSSR count). The van der Waals surface area contributed by atoms with E-state index < -0.39 is 5.82 Å². The van der Waals surface area contributed by atoms with Crippen LogP contribution in [0.2, 0.25) is 5.02 Å². The van der Waals surface area contributed by atoms with Gasteiger partial charge in [0.2, 0.25) is 0 Å². The van der Waals surface area contributed by atoms with Gasteiger partial charge >= 0.3 is 0 Å². The van der Waals surface area contributed by atoms with Crippen LogP contribution < -0.4 is 9.64 Å². The van der Waals surface area contributed by atoms with E-state index in [9.17, 15) is 14.0 Å². The van der Waals surface area contributed by atoms with Gasteiger partial charge in [0.15, 0.2) is 0 Å². The number of nitrogens with zero attached hydrogens (tertiary/aromatic N) is 4. The average Bonchev–Trinajstić information content (AvgIpc) is 3.44. The third-order valence-electron chi connectivity index (χ3n) is 7.12. The number of aromatic nitrogens is 1. The summed E-state index contributed by atoms with van der Waals surface area (Å²) < 4.78 is 20.0. The number of hydrogen-bond donors (Lipinski definition) is 0. The molecule has 10 heteroatoms. The number of piperidine rings is 1. The van der Waals surface area contributed by atoms with Crippen LogP contribution in [0.15, 0.2) is 47.8 Å². The van der Waals surface area contributed by atoms with E-state index in [4.69, 9.17) is 21.3 Å². The Morgan fingerprint density at radius 2 is 1.71 bits per heavy atom. The summed E-state index contributed by atoms with van der Waals surface area (Å²) in [5.74, 6) is -0.0130. The van der Waals surface area contributed by atoms with Gasteiger partial charge in [-0.3, -0.25) is 9.59 Å². The lowest BCUT2D eigenvalue weighted by molar-refractivity contribution is 0.0708. The Morgan fingerprint density at radius 3 is 2.42 bits per heavy atom. The Morgan fingerprint density at radius 1 is 1.00 bits per heavy atom. The standard InChI is InChI=1S/C28H30ClFN4O3S/c1-2-37-24-9-4-3-8-23(24)32-14-16-34(17-15-32)27(35)22-18-38-26(31-22)19-10-12-33(13-11-19)28(36)25-20(29)6-5-7-21(25)30/h3-9,18-19H,2,10-17H2,1H3. The number of halogens is 2. The lowest BCUT2D eigenvalue weighted by Gasteiger charge is -2.36. The molecule has 0 spiro atoms. The van der Waals surface area contributed by atoms with Crippen molar-refractivity contribution in [3.05, 3.63) is 74.9 Å². The molecule has 2 aliphatic heterocycles. The predicted molar refractivity (Wildman–Crippen MR) is 147 cm³/mol. The van der Waals surface area contributed by atoms with E-state index in [2.05, 4.69) is 11.0 Å². The highest BCUT2D eigenvalue weighted by Gasteiger charge is 2.30. The summed E-state index contributed by atoms with van der Waals surface area (Å²) in [5.41, 5.74) is 1.46. The molecule has 200 valence electrons. The number of carbonyl (C=O) groups excluding carboxylic acids is 2. The minimum atomic E-state index is -0.605. The Kier molecular flexibility index (Phi) is 8.14. The van der Waals surface area contributed by atoms with Gasteiger partial charge in [-0.1, -0.05) is 29.8 Å². The van der Waals surface area contributed by atoms with E-state index in [1.165, 1.54) is 29.5 Å². The first-order chi connectivity index (χ1) is 18.5. The normalized spacial score (nSPS) is 16.6. The predicted octanol–water partition coefficient (Wildman–Crippen LogP) is 5.32. The van der Waals surface area contributed by atoms with Crippen LogP contribution in [-0.4, -0.2) is 72.5 Å². The Hall–Kier alpha value is -3.17. The van der Waals surface area contributed by atoms with E-state index in [0.717, 1.165) is 29.5 Å². The first-order valence-electron chi connectivity index (χ1n) is 12.9. The number of piperazine rings is 1. The third kappa shape index (κ3) is 5.49. The molecule has 0 aliphatic carbocycles. The monoisotopic (exact) mass is 556 g/mol. The summed E-state index contributed by atoms with van der Waals surface area (Å²) >= 11 is 7.58. The Bertz CT molecular complexity index is 1280. The van der Waals surface area contributed by atoms with Gasteiger partial charge in [-0.15, -0.1) is 11.3 Å². The molecule has 3 heterocycles. The number of amides is 2. The van der Waals surface area contributed by atoms with Gasteiger partial charge in [0, 0.05) is 50.6 Å². The topological polar surface area (TPSA) is 66.0 Å². The van der Waals surface area contributed by atoms with Crippen LogP contribution in [0.3, 0.4) is 0 Å². The average molecular weight is 557 g/mol. The largest absolute Gasteiger partial charge is 0.492 e. The van der Waals surface area contributed by atoms with Crippen LogP contribution in [0.25, 0.3) is 0 Å². The summed E-state index contributed by atoms with van der Waals surface area (Å²) in [6.07, 6.45) is 1.41. The first-order valence-corrected chi connectivity index (χ1v) is 14.2. The third-order valence-corrected chi connectivity index (χ3v) is 8.44. The van der Waals surface area contributed by atoms with E-state index in [1.54, 1.807) is 4.90 Å². The van der Waals surface area contributed by atoms with Gasteiger partial charge in [-0.25, -0.2) is 9.37 Å². The molecular formula is C28H30ClFN4O3S. The summed E-state index contributed by atoms with van der Waals surface area (Å²) in [7, 11) is 0. The van der Waals surface area contributed by atoms with Crippen LogP contribution in [0, 0.1) is 5.82 Å². The van der Waals surface area contributed by atoms with E-state index >= 15 is 0 Å². The molecular weight excluding hydrogens is 527 g/mol. The molecule has 2 saturated heterocycles. The van der Waals surface area contributed by atoms with Crippen molar-refractivity contribution in [1.82, 2.24) is 14.8 Å².